The molecule has 1 N–H and O–H groups in total. The fraction of sp³-hybridized carbons (Fsp3) is 0.312. The van der Waals surface area contributed by atoms with E-state index in [4.69, 9.17) is 0 Å². The van der Waals surface area contributed by atoms with Gasteiger partial charge in [-0.3, -0.25) is 4.98 Å². The highest BCUT2D eigenvalue weighted by Crippen LogP contribution is 2.42. The minimum atomic E-state index is 0.174. The number of aromatic nitrogens is 1. The average molecular weight is 238 g/mol. The lowest BCUT2D eigenvalue weighted by atomic mass is 9.80. The second kappa shape index (κ2) is 3.84. The number of rotatable bonds is 1. The highest BCUT2D eigenvalue weighted by molar-refractivity contribution is 5.71. The Morgan fingerprint density at radius 2 is 2.00 bits per heavy atom. The van der Waals surface area contributed by atoms with Crippen LogP contribution in [0, 0.1) is 0 Å². The number of nitrogens with zero attached hydrogens (tertiary/aromatic N) is 1. The summed E-state index contributed by atoms with van der Waals surface area (Å²) >= 11 is 0. The van der Waals surface area contributed by atoms with Crippen LogP contribution in [-0.4, -0.2) is 11.0 Å². The molecule has 1 unspecified atom stereocenters. The van der Waals surface area contributed by atoms with Crippen molar-refractivity contribution in [3.05, 3.63) is 48.3 Å². The van der Waals surface area contributed by atoms with E-state index in [2.05, 4.69) is 55.3 Å². The summed E-state index contributed by atoms with van der Waals surface area (Å²) in [7, 11) is 0. The number of pyridine rings is 1. The Labute approximate surface area is 108 Å². The third-order valence-corrected chi connectivity index (χ3v) is 4.16. The predicted octanol–water partition coefficient (Wildman–Crippen LogP) is 3.84. The Bertz CT molecular complexity index is 573. The number of hydrogen-bond donors (Lipinski definition) is 1. The molecule has 2 aromatic rings. The van der Waals surface area contributed by atoms with Gasteiger partial charge in [0.15, 0.2) is 0 Å². The highest BCUT2D eigenvalue weighted by Gasteiger charge is 2.36. The smallest absolute Gasteiger partial charge is 0.0381 e. The van der Waals surface area contributed by atoms with Crippen molar-refractivity contribution in [2.75, 3.05) is 5.32 Å². The normalized spacial score (nSPS) is 20.3. The molecule has 1 aliphatic heterocycles. The quantitative estimate of drug-likeness (QED) is 0.816. The van der Waals surface area contributed by atoms with Crippen LogP contribution in [0.1, 0.15) is 26.3 Å². The molecule has 3 rings (SSSR count). The number of nitrogens with one attached hydrogen (secondary N) is 1. The van der Waals surface area contributed by atoms with Crippen molar-refractivity contribution >= 4 is 5.69 Å². The van der Waals surface area contributed by atoms with E-state index >= 15 is 0 Å². The monoisotopic (exact) mass is 238 g/mol. The van der Waals surface area contributed by atoms with Crippen LogP contribution >= 0.6 is 0 Å². The van der Waals surface area contributed by atoms with E-state index in [1.807, 2.05) is 18.5 Å². The molecule has 0 saturated carbocycles. The van der Waals surface area contributed by atoms with Gasteiger partial charge in [-0.25, -0.2) is 0 Å². The van der Waals surface area contributed by atoms with Crippen molar-refractivity contribution in [1.29, 1.82) is 0 Å². The third-order valence-electron chi connectivity index (χ3n) is 4.16. The maximum absolute atomic E-state index is 4.19. The number of anilines is 1. The Hall–Kier alpha value is -1.83. The minimum absolute atomic E-state index is 0.174. The molecular weight excluding hydrogens is 220 g/mol. The summed E-state index contributed by atoms with van der Waals surface area (Å²) in [5.74, 6) is 0. The van der Waals surface area contributed by atoms with Crippen LogP contribution in [0.2, 0.25) is 0 Å². The predicted molar refractivity (Wildman–Crippen MR) is 75.8 cm³/mol. The Balaban J connectivity index is 2.11. The van der Waals surface area contributed by atoms with Crippen molar-refractivity contribution in [3.63, 3.8) is 0 Å². The van der Waals surface area contributed by atoms with Gasteiger partial charge in [-0.2, -0.15) is 0 Å². The molecule has 2 nitrogen and oxygen atoms in total. The van der Waals surface area contributed by atoms with E-state index in [9.17, 15) is 0 Å². The first-order chi connectivity index (χ1) is 8.59. The summed E-state index contributed by atoms with van der Waals surface area (Å²) in [6.07, 6.45) is 3.73. The van der Waals surface area contributed by atoms with Crippen LogP contribution in [0.5, 0.6) is 0 Å². The van der Waals surface area contributed by atoms with Crippen molar-refractivity contribution in [3.8, 4) is 11.1 Å². The van der Waals surface area contributed by atoms with Crippen LogP contribution in [-0.2, 0) is 5.41 Å². The van der Waals surface area contributed by atoms with Crippen molar-refractivity contribution < 1.29 is 0 Å². The van der Waals surface area contributed by atoms with Gasteiger partial charge in [0.25, 0.3) is 0 Å². The largest absolute Gasteiger partial charge is 0.381 e. The molecule has 0 radical (unpaired) electrons. The van der Waals surface area contributed by atoms with Crippen LogP contribution in [0.4, 0.5) is 5.69 Å². The standard InChI is InChI=1S/C16H18N2/c1-11-16(2,3)14-9-12(6-7-15(14)18-11)13-5-4-8-17-10-13/h4-11,18H,1-3H3. The average Bonchev–Trinajstić information content (AvgIpc) is 2.61. The second-order valence-electron chi connectivity index (χ2n) is 5.59. The van der Waals surface area contributed by atoms with Crippen molar-refractivity contribution in [1.82, 2.24) is 4.98 Å². The van der Waals surface area contributed by atoms with E-state index < -0.39 is 0 Å². The molecular formula is C16H18N2. The van der Waals surface area contributed by atoms with Gasteiger partial charge in [0.2, 0.25) is 0 Å². The maximum Gasteiger partial charge on any atom is 0.0381 e. The molecule has 0 spiro atoms. The van der Waals surface area contributed by atoms with Gasteiger partial charge < -0.3 is 5.32 Å². The molecule has 1 aromatic carbocycles. The Kier molecular flexibility index (Phi) is 2.40. The first-order valence-corrected chi connectivity index (χ1v) is 6.40. The molecule has 2 heteroatoms. The molecule has 1 aromatic heterocycles. The second-order valence-corrected chi connectivity index (χ2v) is 5.59. The van der Waals surface area contributed by atoms with Gasteiger partial charge in [0, 0.05) is 29.5 Å². The SMILES string of the molecule is CC1Nc2ccc(-c3cccnc3)cc2C1(C)C. The summed E-state index contributed by atoms with van der Waals surface area (Å²) < 4.78 is 0. The van der Waals surface area contributed by atoms with Gasteiger partial charge in [-0.05, 0) is 41.8 Å². The van der Waals surface area contributed by atoms with E-state index in [-0.39, 0.29) is 5.41 Å². The third kappa shape index (κ3) is 1.60. The molecule has 92 valence electrons. The minimum Gasteiger partial charge on any atom is -0.381 e. The molecule has 0 saturated heterocycles. The molecule has 0 aliphatic carbocycles. The van der Waals surface area contributed by atoms with Crippen LogP contribution < -0.4 is 5.32 Å². The molecule has 18 heavy (non-hydrogen) atoms. The molecule has 2 heterocycles. The number of hydrogen-bond acceptors (Lipinski definition) is 2. The summed E-state index contributed by atoms with van der Waals surface area (Å²) in [5.41, 5.74) is 5.26. The van der Waals surface area contributed by atoms with Gasteiger partial charge in [0.05, 0.1) is 0 Å². The zero-order valence-electron chi connectivity index (χ0n) is 11.1. The zero-order chi connectivity index (χ0) is 12.8. The van der Waals surface area contributed by atoms with E-state index in [1.54, 1.807) is 0 Å². The van der Waals surface area contributed by atoms with Crippen LogP contribution in [0.15, 0.2) is 42.7 Å². The lowest BCUT2D eigenvalue weighted by Gasteiger charge is -2.24. The first-order valence-electron chi connectivity index (χ1n) is 6.40. The fourth-order valence-corrected chi connectivity index (χ4v) is 2.56. The van der Waals surface area contributed by atoms with Crippen LogP contribution in [0.25, 0.3) is 11.1 Å². The lowest BCUT2D eigenvalue weighted by Crippen LogP contribution is -2.29. The zero-order valence-corrected chi connectivity index (χ0v) is 11.1. The highest BCUT2D eigenvalue weighted by atomic mass is 15.0. The topological polar surface area (TPSA) is 24.9 Å². The Morgan fingerprint density at radius 3 is 2.72 bits per heavy atom. The van der Waals surface area contributed by atoms with E-state index in [0.717, 1.165) is 0 Å². The Morgan fingerprint density at radius 1 is 1.17 bits per heavy atom. The van der Waals surface area contributed by atoms with Crippen molar-refractivity contribution in [2.24, 2.45) is 0 Å². The van der Waals surface area contributed by atoms with Gasteiger partial charge in [-0.15, -0.1) is 0 Å². The fourth-order valence-electron chi connectivity index (χ4n) is 2.56. The van der Waals surface area contributed by atoms with Crippen LogP contribution in [0.3, 0.4) is 0 Å². The molecule has 0 bridgehead atoms. The first kappa shape index (κ1) is 11.3. The van der Waals surface area contributed by atoms with Crippen molar-refractivity contribution in [2.45, 2.75) is 32.2 Å². The molecule has 0 amide bonds. The summed E-state index contributed by atoms with van der Waals surface area (Å²) in [4.78, 5) is 4.19. The summed E-state index contributed by atoms with van der Waals surface area (Å²) in [6, 6.07) is 11.2. The van der Waals surface area contributed by atoms with Gasteiger partial charge in [0.1, 0.15) is 0 Å². The lowest BCUT2D eigenvalue weighted by molar-refractivity contribution is 0.486. The van der Waals surface area contributed by atoms with E-state index in [0.29, 0.717) is 6.04 Å². The maximum atomic E-state index is 4.19. The number of benzene rings is 1. The number of fused-ring (bicyclic) bond motifs is 1. The molecule has 0 fully saturated rings. The summed E-state index contributed by atoms with van der Waals surface area (Å²) in [6.45, 7) is 6.83. The van der Waals surface area contributed by atoms with Gasteiger partial charge in [-0.1, -0.05) is 26.0 Å². The molecule has 1 atom stereocenters. The molecule has 1 aliphatic rings. The van der Waals surface area contributed by atoms with E-state index in [1.165, 1.54) is 22.4 Å². The summed E-state index contributed by atoms with van der Waals surface area (Å²) in [5, 5.41) is 3.55. The van der Waals surface area contributed by atoms with Gasteiger partial charge >= 0.3 is 0 Å².